The van der Waals surface area contributed by atoms with Gasteiger partial charge in [-0.2, -0.15) is 0 Å². The molecule has 0 aliphatic rings. The second kappa shape index (κ2) is 4.71. The molecule has 4 nitrogen and oxygen atoms in total. The maximum Gasteiger partial charge on any atom is 0.0731 e. The molecule has 8 heavy (non-hydrogen) atoms. The van der Waals surface area contributed by atoms with Gasteiger partial charge in [-0.25, -0.2) is 0 Å². The summed E-state index contributed by atoms with van der Waals surface area (Å²) in [6, 6.07) is 0. The first kappa shape index (κ1) is 7.56. The standard InChI is InChI=1S/C3H6ClN3O/c4-1-3(8)2-6-7-5/h3,8H,1-2H2/t3-/m1/s1. The monoisotopic (exact) mass is 135 g/mol. The zero-order chi connectivity index (χ0) is 6.41. The summed E-state index contributed by atoms with van der Waals surface area (Å²) in [5.74, 6) is 0.110. The molecule has 0 amide bonds. The number of nitrogens with zero attached hydrogens (tertiary/aromatic N) is 3. The van der Waals surface area contributed by atoms with E-state index in [0.717, 1.165) is 0 Å². The molecule has 1 atom stereocenters. The first-order valence-corrected chi connectivity index (χ1v) is 2.59. The van der Waals surface area contributed by atoms with Crippen LogP contribution in [0.5, 0.6) is 0 Å². The van der Waals surface area contributed by atoms with Crippen molar-refractivity contribution in [2.75, 3.05) is 12.4 Å². The molecule has 0 spiro atoms. The Labute approximate surface area is 51.7 Å². The van der Waals surface area contributed by atoms with Gasteiger partial charge in [0.05, 0.1) is 12.6 Å². The Morgan fingerprint density at radius 1 is 1.88 bits per heavy atom. The van der Waals surface area contributed by atoms with Crippen LogP contribution in [0.4, 0.5) is 0 Å². The van der Waals surface area contributed by atoms with Crippen LogP contribution in [0.25, 0.3) is 10.4 Å². The molecule has 0 aliphatic carbocycles. The minimum Gasteiger partial charge on any atom is -0.392 e. The van der Waals surface area contributed by atoms with Gasteiger partial charge in [0.15, 0.2) is 0 Å². The minimum absolute atomic E-state index is 0.0556. The molecule has 0 unspecified atom stereocenters. The van der Waals surface area contributed by atoms with Crippen molar-refractivity contribution in [3.63, 3.8) is 0 Å². The van der Waals surface area contributed by atoms with Gasteiger partial charge in [-0.3, -0.25) is 0 Å². The Morgan fingerprint density at radius 2 is 2.50 bits per heavy atom. The molecule has 0 bridgehead atoms. The lowest BCUT2D eigenvalue weighted by atomic mass is 10.4. The smallest absolute Gasteiger partial charge is 0.0731 e. The lowest BCUT2D eigenvalue weighted by Gasteiger charge is -1.96. The summed E-state index contributed by atoms with van der Waals surface area (Å²) in [7, 11) is 0. The van der Waals surface area contributed by atoms with Crippen LogP contribution in [0.15, 0.2) is 5.11 Å². The summed E-state index contributed by atoms with van der Waals surface area (Å²) in [5.41, 5.74) is 7.71. The Kier molecular flexibility index (Phi) is 4.45. The van der Waals surface area contributed by atoms with Gasteiger partial charge in [0.1, 0.15) is 0 Å². The fourth-order valence-electron chi connectivity index (χ4n) is 0.180. The fourth-order valence-corrected chi connectivity index (χ4v) is 0.277. The van der Waals surface area contributed by atoms with E-state index in [0.29, 0.717) is 0 Å². The van der Waals surface area contributed by atoms with Crippen molar-refractivity contribution < 1.29 is 5.11 Å². The van der Waals surface area contributed by atoms with Gasteiger partial charge in [-0.15, -0.1) is 11.6 Å². The number of hydrogen-bond donors (Lipinski definition) is 1. The molecule has 0 rings (SSSR count). The summed E-state index contributed by atoms with van der Waals surface area (Å²) in [5, 5.41) is 11.7. The number of hydrogen-bond acceptors (Lipinski definition) is 2. The molecule has 46 valence electrons. The predicted molar refractivity (Wildman–Crippen MR) is 30.7 cm³/mol. The third-order valence-electron chi connectivity index (χ3n) is 0.534. The average molecular weight is 136 g/mol. The average Bonchev–Trinajstić information content (AvgIpc) is 1.83. The van der Waals surface area contributed by atoms with Crippen molar-refractivity contribution in [2.24, 2.45) is 5.11 Å². The van der Waals surface area contributed by atoms with Crippen molar-refractivity contribution in [3.05, 3.63) is 10.4 Å². The number of aliphatic hydroxyl groups is 1. The van der Waals surface area contributed by atoms with Crippen molar-refractivity contribution in [1.82, 2.24) is 0 Å². The Bertz CT molecular complexity index is 101. The van der Waals surface area contributed by atoms with Crippen LogP contribution >= 0.6 is 11.6 Å². The molecule has 5 heteroatoms. The topological polar surface area (TPSA) is 69.0 Å². The molecule has 0 radical (unpaired) electrons. The van der Waals surface area contributed by atoms with Crippen LogP contribution in [0.1, 0.15) is 0 Å². The number of azide groups is 1. The lowest BCUT2D eigenvalue weighted by Crippen LogP contribution is -2.11. The van der Waals surface area contributed by atoms with Crippen LogP contribution < -0.4 is 0 Å². The second-order valence-corrected chi connectivity index (χ2v) is 1.53. The summed E-state index contributed by atoms with van der Waals surface area (Å²) < 4.78 is 0. The molecule has 0 heterocycles. The van der Waals surface area contributed by atoms with E-state index in [4.69, 9.17) is 22.2 Å². The molecule has 0 aromatic rings. The number of aliphatic hydroxyl groups excluding tert-OH is 1. The molecule has 0 aliphatic heterocycles. The fraction of sp³-hybridized carbons (Fsp3) is 1.00. The van der Waals surface area contributed by atoms with Gasteiger partial charge in [-0.05, 0) is 5.53 Å². The van der Waals surface area contributed by atoms with Gasteiger partial charge < -0.3 is 5.11 Å². The highest BCUT2D eigenvalue weighted by Gasteiger charge is 1.96. The van der Waals surface area contributed by atoms with Crippen molar-refractivity contribution >= 4 is 11.6 Å². The third-order valence-corrected chi connectivity index (χ3v) is 0.890. The summed E-state index contributed by atoms with van der Waals surface area (Å²) >= 11 is 5.15. The Morgan fingerprint density at radius 3 is 2.88 bits per heavy atom. The number of alkyl halides is 1. The highest BCUT2D eigenvalue weighted by molar-refractivity contribution is 6.18. The van der Waals surface area contributed by atoms with Crippen LogP contribution in [0, 0.1) is 0 Å². The Balaban J connectivity index is 3.23. The molecule has 0 aromatic carbocycles. The quantitative estimate of drug-likeness (QED) is 0.266. The van der Waals surface area contributed by atoms with Gasteiger partial charge in [0.2, 0.25) is 0 Å². The molecule has 1 N–H and O–H groups in total. The normalized spacial score (nSPS) is 12.2. The summed E-state index contributed by atoms with van der Waals surface area (Å²) in [6.07, 6.45) is -0.701. The van der Waals surface area contributed by atoms with E-state index in [1.54, 1.807) is 0 Å². The summed E-state index contributed by atoms with van der Waals surface area (Å²) in [4.78, 5) is 2.43. The molecule has 0 saturated carbocycles. The van der Waals surface area contributed by atoms with E-state index in [1.165, 1.54) is 0 Å². The van der Waals surface area contributed by atoms with Gasteiger partial charge in [-0.1, -0.05) is 5.11 Å². The van der Waals surface area contributed by atoms with Crippen LogP contribution in [-0.4, -0.2) is 23.6 Å². The van der Waals surface area contributed by atoms with Crippen LogP contribution in [0.3, 0.4) is 0 Å². The third kappa shape index (κ3) is 3.74. The zero-order valence-electron chi connectivity index (χ0n) is 4.16. The highest BCUT2D eigenvalue weighted by atomic mass is 35.5. The molecular weight excluding hydrogens is 130 g/mol. The van der Waals surface area contributed by atoms with Crippen molar-refractivity contribution in [1.29, 1.82) is 0 Å². The Hall–Kier alpha value is -0.440. The van der Waals surface area contributed by atoms with Crippen molar-refractivity contribution in [3.8, 4) is 0 Å². The highest BCUT2D eigenvalue weighted by Crippen LogP contribution is 1.87. The summed E-state index contributed by atoms with van der Waals surface area (Å²) in [6.45, 7) is 0.0556. The van der Waals surface area contributed by atoms with Crippen LogP contribution in [0.2, 0.25) is 0 Å². The van der Waals surface area contributed by atoms with Gasteiger partial charge in [0, 0.05) is 10.8 Å². The van der Waals surface area contributed by atoms with Crippen molar-refractivity contribution in [2.45, 2.75) is 6.10 Å². The van der Waals surface area contributed by atoms with Crippen LogP contribution in [-0.2, 0) is 0 Å². The largest absolute Gasteiger partial charge is 0.392 e. The van der Waals surface area contributed by atoms with E-state index in [2.05, 4.69) is 10.0 Å². The van der Waals surface area contributed by atoms with E-state index < -0.39 is 6.10 Å². The molecule has 0 aromatic heterocycles. The van der Waals surface area contributed by atoms with E-state index in [-0.39, 0.29) is 12.4 Å². The van der Waals surface area contributed by atoms with Gasteiger partial charge in [0.25, 0.3) is 0 Å². The minimum atomic E-state index is -0.701. The number of rotatable bonds is 3. The molecule has 0 saturated heterocycles. The first-order valence-electron chi connectivity index (χ1n) is 2.06. The van der Waals surface area contributed by atoms with E-state index in [1.807, 2.05) is 0 Å². The number of halogens is 1. The predicted octanol–water partition coefficient (Wildman–Crippen LogP) is 0.896. The second-order valence-electron chi connectivity index (χ2n) is 1.22. The van der Waals surface area contributed by atoms with Gasteiger partial charge >= 0.3 is 0 Å². The molecule has 0 fully saturated rings. The SMILES string of the molecule is [N-]=[N+]=NC[C@H](O)CCl. The first-order chi connectivity index (χ1) is 3.81. The zero-order valence-corrected chi connectivity index (χ0v) is 4.91. The lowest BCUT2D eigenvalue weighted by molar-refractivity contribution is 0.206. The maximum atomic E-state index is 8.59. The molecular formula is C3H6ClN3O. The van der Waals surface area contributed by atoms with E-state index in [9.17, 15) is 0 Å². The van der Waals surface area contributed by atoms with E-state index >= 15 is 0 Å². The maximum absolute atomic E-state index is 8.59.